The molecule has 6 heteroatoms. The van der Waals surface area contributed by atoms with Gasteiger partial charge in [0.15, 0.2) is 0 Å². The molecule has 0 aliphatic carbocycles. The number of aryl methyl sites for hydroxylation is 1. The summed E-state index contributed by atoms with van der Waals surface area (Å²) >= 11 is 1.38. The van der Waals surface area contributed by atoms with Crippen molar-refractivity contribution >= 4 is 23.5 Å². The number of nitrogens with two attached hydrogens (primary N) is 1. The highest BCUT2D eigenvalue weighted by molar-refractivity contribution is 7.99. The van der Waals surface area contributed by atoms with Gasteiger partial charge in [-0.3, -0.25) is 4.79 Å². The highest BCUT2D eigenvalue weighted by Gasteiger charge is 2.07. The Morgan fingerprint density at radius 2 is 2.22 bits per heavy atom. The molecule has 0 atom stereocenters. The first-order valence-electron chi connectivity index (χ1n) is 6.06. The number of carbonyl (C=O) groups excluding carboxylic acids is 1. The number of nitrogen functional groups attached to an aromatic ring is 1. The van der Waals surface area contributed by atoms with Crippen LogP contribution in [0.2, 0.25) is 0 Å². The Labute approximate surface area is 112 Å². The standard InChI is InChI=1S/C12H20N4OS/c1-4-5-10-15-9(13)6-12(16-10)18-7-11(17)14-8(2)3/h6,8H,4-5,7H2,1-3H3,(H,14,17)(H2,13,15,16). The van der Waals surface area contributed by atoms with Gasteiger partial charge in [0, 0.05) is 18.5 Å². The number of nitrogens with zero attached hydrogens (tertiary/aromatic N) is 2. The molecule has 1 aromatic rings. The van der Waals surface area contributed by atoms with Crippen LogP contribution in [-0.4, -0.2) is 27.7 Å². The molecule has 18 heavy (non-hydrogen) atoms. The molecule has 0 spiro atoms. The summed E-state index contributed by atoms with van der Waals surface area (Å²) in [5, 5.41) is 3.59. The van der Waals surface area contributed by atoms with Crippen molar-refractivity contribution in [3.8, 4) is 0 Å². The molecule has 1 heterocycles. The number of carbonyl (C=O) groups is 1. The lowest BCUT2D eigenvalue weighted by molar-refractivity contribution is -0.119. The molecular formula is C12H20N4OS. The number of nitrogens with one attached hydrogen (secondary N) is 1. The largest absolute Gasteiger partial charge is 0.384 e. The van der Waals surface area contributed by atoms with Crippen LogP contribution in [-0.2, 0) is 11.2 Å². The van der Waals surface area contributed by atoms with E-state index in [0.29, 0.717) is 11.6 Å². The molecule has 0 radical (unpaired) electrons. The first-order valence-corrected chi connectivity index (χ1v) is 7.05. The van der Waals surface area contributed by atoms with Crippen molar-refractivity contribution in [2.24, 2.45) is 0 Å². The van der Waals surface area contributed by atoms with E-state index in [-0.39, 0.29) is 11.9 Å². The molecule has 0 unspecified atom stereocenters. The number of hydrogen-bond acceptors (Lipinski definition) is 5. The molecular weight excluding hydrogens is 248 g/mol. The minimum absolute atomic E-state index is 0.00391. The Morgan fingerprint density at radius 3 is 2.83 bits per heavy atom. The van der Waals surface area contributed by atoms with E-state index in [9.17, 15) is 4.79 Å². The Balaban J connectivity index is 2.58. The number of rotatable bonds is 6. The topological polar surface area (TPSA) is 80.9 Å². The van der Waals surface area contributed by atoms with Gasteiger partial charge in [-0.05, 0) is 20.3 Å². The number of thioether (sulfide) groups is 1. The Kier molecular flexibility index (Phi) is 5.91. The quantitative estimate of drug-likeness (QED) is 0.605. The van der Waals surface area contributed by atoms with Crippen LogP contribution in [0.5, 0.6) is 0 Å². The van der Waals surface area contributed by atoms with Crippen LogP contribution in [0.3, 0.4) is 0 Å². The van der Waals surface area contributed by atoms with E-state index in [1.807, 2.05) is 13.8 Å². The summed E-state index contributed by atoms with van der Waals surface area (Å²) in [5.74, 6) is 1.55. The maximum atomic E-state index is 11.5. The fraction of sp³-hybridized carbons (Fsp3) is 0.583. The van der Waals surface area contributed by atoms with Crippen molar-refractivity contribution < 1.29 is 4.79 Å². The number of aromatic nitrogens is 2. The van der Waals surface area contributed by atoms with Gasteiger partial charge in [0.1, 0.15) is 16.7 Å². The maximum absolute atomic E-state index is 11.5. The van der Waals surface area contributed by atoms with E-state index in [1.54, 1.807) is 6.07 Å². The SMILES string of the molecule is CCCc1nc(N)cc(SCC(=O)NC(C)C)n1. The molecule has 0 aliphatic heterocycles. The van der Waals surface area contributed by atoms with Gasteiger partial charge >= 0.3 is 0 Å². The summed E-state index contributed by atoms with van der Waals surface area (Å²) in [5.41, 5.74) is 5.71. The first kappa shape index (κ1) is 14.8. The molecule has 0 bridgehead atoms. The van der Waals surface area contributed by atoms with Crippen molar-refractivity contribution in [1.82, 2.24) is 15.3 Å². The lowest BCUT2D eigenvalue weighted by Gasteiger charge is -2.08. The molecule has 1 rings (SSSR count). The zero-order valence-corrected chi connectivity index (χ0v) is 11.9. The number of hydrogen-bond donors (Lipinski definition) is 2. The van der Waals surface area contributed by atoms with Crippen LogP contribution in [0.4, 0.5) is 5.82 Å². The molecule has 0 aromatic carbocycles. The van der Waals surface area contributed by atoms with Gasteiger partial charge in [-0.1, -0.05) is 18.7 Å². The molecule has 5 nitrogen and oxygen atoms in total. The fourth-order valence-corrected chi connectivity index (χ4v) is 2.14. The van der Waals surface area contributed by atoms with E-state index in [2.05, 4.69) is 22.2 Å². The van der Waals surface area contributed by atoms with Crippen molar-refractivity contribution in [3.63, 3.8) is 0 Å². The number of anilines is 1. The predicted octanol–water partition coefficient (Wildman–Crippen LogP) is 1.63. The van der Waals surface area contributed by atoms with E-state index in [0.717, 1.165) is 23.7 Å². The highest BCUT2D eigenvalue weighted by atomic mass is 32.2. The van der Waals surface area contributed by atoms with Gasteiger partial charge < -0.3 is 11.1 Å². The summed E-state index contributed by atoms with van der Waals surface area (Å²) in [6, 6.07) is 1.86. The Bertz CT molecular complexity index is 409. The molecule has 1 aromatic heterocycles. The van der Waals surface area contributed by atoms with Gasteiger partial charge in [-0.15, -0.1) is 0 Å². The third-order valence-electron chi connectivity index (χ3n) is 2.04. The minimum atomic E-state index is 0.00391. The smallest absolute Gasteiger partial charge is 0.230 e. The molecule has 3 N–H and O–H groups in total. The average molecular weight is 268 g/mol. The fourth-order valence-electron chi connectivity index (χ4n) is 1.40. The lowest BCUT2D eigenvalue weighted by Crippen LogP contribution is -2.31. The zero-order valence-electron chi connectivity index (χ0n) is 11.1. The molecule has 100 valence electrons. The molecule has 0 aliphatic rings. The van der Waals surface area contributed by atoms with Gasteiger partial charge in [0.2, 0.25) is 5.91 Å². The van der Waals surface area contributed by atoms with Crippen LogP contribution >= 0.6 is 11.8 Å². The molecule has 1 amide bonds. The Morgan fingerprint density at radius 1 is 1.50 bits per heavy atom. The molecule has 0 fully saturated rings. The van der Waals surface area contributed by atoms with E-state index >= 15 is 0 Å². The third-order valence-corrected chi connectivity index (χ3v) is 2.95. The van der Waals surface area contributed by atoms with E-state index < -0.39 is 0 Å². The maximum Gasteiger partial charge on any atom is 0.230 e. The Hall–Kier alpha value is -1.30. The predicted molar refractivity (Wildman–Crippen MR) is 74.4 cm³/mol. The summed E-state index contributed by atoms with van der Waals surface area (Å²) in [6.07, 6.45) is 1.78. The van der Waals surface area contributed by atoms with Crippen molar-refractivity contribution in [3.05, 3.63) is 11.9 Å². The van der Waals surface area contributed by atoms with Gasteiger partial charge in [-0.2, -0.15) is 0 Å². The van der Waals surface area contributed by atoms with Crippen LogP contribution in [0.15, 0.2) is 11.1 Å². The molecule has 0 saturated heterocycles. The third kappa shape index (κ3) is 5.35. The first-order chi connectivity index (χ1) is 8.51. The van der Waals surface area contributed by atoms with Crippen molar-refractivity contribution in [2.75, 3.05) is 11.5 Å². The van der Waals surface area contributed by atoms with Gasteiger partial charge in [0.05, 0.1) is 5.75 Å². The monoisotopic (exact) mass is 268 g/mol. The minimum Gasteiger partial charge on any atom is -0.384 e. The second-order valence-electron chi connectivity index (χ2n) is 4.31. The van der Waals surface area contributed by atoms with E-state index in [4.69, 9.17) is 5.73 Å². The van der Waals surface area contributed by atoms with Crippen LogP contribution < -0.4 is 11.1 Å². The summed E-state index contributed by atoms with van der Waals surface area (Å²) in [4.78, 5) is 20.0. The molecule has 0 saturated carbocycles. The number of amides is 1. The summed E-state index contributed by atoms with van der Waals surface area (Å²) in [6.45, 7) is 5.94. The normalized spacial score (nSPS) is 10.7. The lowest BCUT2D eigenvalue weighted by atomic mass is 10.3. The highest BCUT2D eigenvalue weighted by Crippen LogP contribution is 2.17. The van der Waals surface area contributed by atoms with E-state index in [1.165, 1.54) is 11.8 Å². The van der Waals surface area contributed by atoms with Crippen molar-refractivity contribution in [2.45, 2.75) is 44.7 Å². The van der Waals surface area contributed by atoms with Crippen LogP contribution in [0.25, 0.3) is 0 Å². The second kappa shape index (κ2) is 7.20. The average Bonchev–Trinajstić information content (AvgIpc) is 2.25. The summed E-state index contributed by atoms with van der Waals surface area (Å²) < 4.78 is 0. The second-order valence-corrected chi connectivity index (χ2v) is 5.30. The van der Waals surface area contributed by atoms with Crippen molar-refractivity contribution in [1.29, 1.82) is 0 Å². The van der Waals surface area contributed by atoms with Crippen LogP contribution in [0, 0.1) is 0 Å². The zero-order chi connectivity index (χ0) is 13.5. The summed E-state index contributed by atoms with van der Waals surface area (Å²) in [7, 11) is 0. The van der Waals surface area contributed by atoms with Crippen LogP contribution in [0.1, 0.15) is 33.0 Å². The van der Waals surface area contributed by atoms with Gasteiger partial charge in [-0.25, -0.2) is 9.97 Å². The van der Waals surface area contributed by atoms with Gasteiger partial charge in [0.25, 0.3) is 0 Å².